The predicted molar refractivity (Wildman–Crippen MR) is 142 cm³/mol. The minimum Gasteiger partial charge on any atom is -0.462 e. The van der Waals surface area contributed by atoms with Gasteiger partial charge in [0.1, 0.15) is 10.7 Å². The van der Waals surface area contributed by atoms with Gasteiger partial charge in [-0.2, -0.15) is 0 Å². The molecule has 3 aromatic rings. The van der Waals surface area contributed by atoms with Crippen LogP contribution in [-0.2, 0) is 14.3 Å². The Balaban J connectivity index is 1.54. The standard InChI is InChI=1S/C27H21Cl2N3O5/c1-3-37-27(36)19-9-4-5-10-21(19)31-24(33)16-7-6-8-17(13-16)30-23-22(29)25(34)32(26(23)35)18-12-11-15(2)20(28)14-18/h4-14,30H,3H2,1-2H3,(H,31,33). The van der Waals surface area contributed by atoms with Gasteiger partial charge in [0.2, 0.25) is 0 Å². The smallest absolute Gasteiger partial charge is 0.340 e. The number of carbonyl (C=O) groups excluding carboxylic acids is 4. The molecule has 0 fully saturated rings. The van der Waals surface area contributed by atoms with E-state index in [-0.39, 0.29) is 34.2 Å². The summed E-state index contributed by atoms with van der Waals surface area (Å²) in [7, 11) is 0. The first kappa shape index (κ1) is 25.9. The molecule has 4 rings (SSSR count). The van der Waals surface area contributed by atoms with Gasteiger partial charge in [-0.3, -0.25) is 14.4 Å². The van der Waals surface area contributed by atoms with Crippen LogP contribution in [0.5, 0.6) is 0 Å². The molecular formula is C27H21Cl2N3O5. The SMILES string of the molecule is CCOC(=O)c1ccccc1NC(=O)c1cccc(NC2=C(Cl)C(=O)N(c3ccc(C)c(Cl)c3)C2=O)c1. The van der Waals surface area contributed by atoms with E-state index in [0.717, 1.165) is 10.5 Å². The molecule has 8 nitrogen and oxygen atoms in total. The van der Waals surface area contributed by atoms with E-state index in [9.17, 15) is 19.2 Å². The summed E-state index contributed by atoms with van der Waals surface area (Å²) in [5, 5.41) is 5.66. The molecule has 3 aromatic carbocycles. The highest BCUT2D eigenvalue weighted by atomic mass is 35.5. The maximum Gasteiger partial charge on any atom is 0.340 e. The zero-order valence-electron chi connectivity index (χ0n) is 19.8. The zero-order chi connectivity index (χ0) is 26.7. The number of para-hydroxylation sites is 1. The largest absolute Gasteiger partial charge is 0.462 e. The molecule has 3 amide bonds. The van der Waals surface area contributed by atoms with Crippen LogP contribution in [0.3, 0.4) is 0 Å². The monoisotopic (exact) mass is 537 g/mol. The van der Waals surface area contributed by atoms with Gasteiger partial charge in [0.15, 0.2) is 0 Å². The second kappa shape index (κ2) is 10.9. The molecule has 37 heavy (non-hydrogen) atoms. The summed E-state index contributed by atoms with van der Waals surface area (Å²) in [5.41, 5.74) is 2.04. The summed E-state index contributed by atoms with van der Waals surface area (Å²) >= 11 is 12.4. The third kappa shape index (κ3) is 5.35. The van der Waals surface area contributed by atoms with Crippen molar-refractivity contribution in [1.29, 1.82) is 0 Å². The van der Waals surface area contributed by atoms with Crippen molar-refractivity contribution in [3.63, 3.8) is 0 Å². The van der Waals surface area contributed by atoms with Crippen LogP contribution in [0, 0.1) is 6.92 Å². The van der Waals surface area contributed by atoms with Crippen molar-refractivity contribution < 1.29 is 23.9 Å². The molecule has 0 aromatic heterocycles. The molecule has 1 aliphatic rings. The number of aryl methyl sites for hydroxylation is 1. The molecule has 0 atom stereocenters. The van der Waals surface area contributed by atoms with Gasteiger partial charge in [0, 0.05) is 16.3 Å². The third-order valence-electron chi connectivity index (χ3n) is 5.51. The molecule has 1 heterocycles. The Hall–Kier alpha value is -4.14. The van der Waals surface area contributed by atoms with Crippen LogP contribution in [0.2, 0.25) is 5.02 Å². The fourth-order valence-electron chi connectivity index (χ4n) is 3.62. The quantitative estimate of drug-likeness (QED) is 0.304. The van der Waals surface area contributed by atoms with Gasteiger partial charge in [-0.25, -0.2) is 9.69 Å². The van der Waals surface area contributed by atoms with E-state index in [1.807, 2.05) is 0 Å². The van der Waals surface area contributed by atoms with Crippen molar-refractivity contribution in [1.82, 2.24) is 0 Å². The lowest BCUT2D eigenvalue weighted by Gasteiger charge is -2.16. The Labute approximate surface area is 222 Å². The summed E-state index contributed by atoms with van der Waals surface area (Å²) in [6.07, 6.45) is 0. The van der Waals surface area contributed by atoms with Gasteiger partial charge >= 0.3 is 5.97 Å². The van der Waals surface area contributed by atoms with Crippen molar-refractivity contribution >= 4 is 64.0 Å². The van der Waals surface area contributed by atoms with Gasteiger partial charge < -0.3 is 15.4 Å². The molecule has 0 bridgehead atoms. The van der Waals surface area contributed by atoms with Gasteiger partial charge in [0.25, 0.3) is 17.7 Å². The first-order valence-electron chi connectivity index (χ1n) is 11.2. The molecule has 10 heteroatoms. The number of hydrogen-bond acceptors (Lipinski definition) is 6. The van der Waals surface area contributed by atoms with E-state index in [1.54, 1.807) is 68.4 Å². The second-order valence-electron chi connectivity index (χ2n) is 7.99. The number of hydrogen-bond donors (Lipinski definition) is 2. The van der Waals surface area contributed by atoms with Crippen LogP contribution in [0.15, 0.2) is 77.5 Å². The topological polar surface area (TPSA) is 105 Å². The number of nitrogens with one attached hydrogen (secondary N) is 2. The van der Waals surface area contributed by atoms with Gasteiger partial charge in [-0.05, 0) is 61.9 Å². The highest BCUT2D eigenvalue weighted by Gasteiger charge is 2.39. The van der Waals surface area contributed by atoms with Crippen LogP contribution in [-0.4, -0.2) is 30.3 Å². The number of nitrogens with zero attached hydrogens (tertiary/aromatic N) is 1. The number of esters is 1. The highest BCUT2D eigenvalue weighted by Crippen LogP contribution is 2.32. The Morgan fingerprint density at radius 2 is 1.70 bits per heavy atom. The second-order valence-corrected chi connectivity index (χ2v) is 8.78. The summed E-state index contributed by atoms with van der Waals surface area (Å²) in [5.74, 6) is -2.41. The van der Waals surface area contributed by atoms with Crippen molar-refractivity contribution in [2.45, 2.75) is 13.8 Å². The fraction of sp³-hybridized carbons (Fsp3) is 0.111. The summed E-state index contributed by atoms with van der Waals surface area (Å²) in [6, 6.07) is 17.6. The molecule has 0 saturated heterocycles. The number of halogens is 2. The van der Waals surface area contributed by atoms with Crippen molar-refractivity contribution in [2.24, 2.45) is 0 Å². The van der Waals surface area contributed by atoms with Crippen molar-refractivity contribution in [3.05, 3.63) is 99.2 Å². The normalized spacial score (nSPS) is 13.1. The Morgan fingerprint density at radius 1 is 0.946 bits per heavy atom. The fourth-order valence-corrected chi connectivity index (χ4v) is 4.01. The minimum atomic E-state index is -0.696. The van der Waals surface area contributed by atoms with E-state index < -0.39 is 23.7 Å². The highest BCUT2D eigenvalue weighted by molar-refractivity contribution is 6.53. The van der Waals surface area contributed by atoms with E-state index in [0.29, 0.717) is 16.4 Å². The molecule has 2 N–H and O–H groups in total. The van der Waals surface area contributed by atoms with Gasteiger partial charge in [0.05, 0.1) is 23.5 Å². The predicted octanol–water partition coefficient (Wildman–Crippen LogP) is 5.51. The Bertz CT molecular complexity index is 1470. The molecular weight excluding hydrogens is 517 g/mol. The number of imide groups is 1. The molecule has 0 spiro atoms. The lowest BCUT2D eigenvalue weighted by Crippen LogP contribution is -2.32. The lowest BCUT2D eigenvalue weighted by atomic mass is 10.1. The number of carbonyl (C=O) groups is 4. The maximum absolute atomic E-state index is 13.1. The number of benzene rings is 3. The van der Waals surface area contributed by atoms with E-state index in [1.165, 1.54) is 12.1 Å². The Kier molecular flexibility index (Phi) is 7.61. The summed E-state index contributed by atoms with van der Waals surface area (Å²) < 4.78 is 5.04. The summed E-state index contributed by atoms with van der Waals surface area (Å²) in [6.45, 7) is 3.69. The van der Waals surface area contributed by atoms with Crippen molar-refractivity contribution in [3.8, 4) is 0 Å². The van der Waals surface area contributed by atoms with E-state index >= 15 is 0 Å². The lowest BCUT2D eigenvalue weighted by molar-refractivity contribution is -0.120. The third-order valence-corrected chi connectivity index (χ3v) is 6.26. The Morgan fingerprint density at radius 3 is 2.43 bits per heavy atom. The molecule has 0 radical (unpaired) electrons. The van der Waals surface area contributed by atoms with Crippen molar-refractivity contribution in [2.75, 3.05) is 22.1 Å². The average Bonchev–Trinajstić information content (AvgIpc) is 3.09. The van der Waals surface area contributed by atoms with E-state index in [4.69, 9.17) is 27.9 Å². The molecule has 0 unspecified atom stereocenters. The van der Waals surface area contributed by atoms with Crippen LogP contribution in [0.4, 0.5) is 17.1 Å². The number of anilines is 3. The summed E-state index contributed by atoms with van der Waals surface area (Å²) in [4.78, 5) is 51.9. The number of rotatable bonds is 7. The molecule has 1 aliphatic heterocycles. The van der Waals surface area contributed by atoms with Crippen LogP contribution in [0.25, 0.3) is 0 Å². The molecule has 0 saturated carbocycles. The molecule has 188 valence electrons. The maximum atomic E-state index is 13.1. The average molecular weight is 538 g/mol. The van der Waals surface area contributed by atoms with Crippen LogP contribution in [0.1, 0.15) is 33.2 Å². The number of amides is 3. The van der Waals surface area contributed by atoms with Gasteiger partial charge in [-0.15, -0.1) is 0 Å². The van der Waals surface area contributed by atoms with Crippen LogP contribution >= 0.6 is 23.2 Å². The van der Waals surface area contributed by atoms with Crippen LogP contribution < -0.4 is 15.5 Å². The number of ether oxygens (including phenoxy) is 1. The molecule has 0 aliphatic carbocycles. The van der Waals surface area contributed by atoms with E-state index in [2.05, 4.69) is 10.6 Å². The first-order valence-corrected chi connectivity index (χ1v) is 12.0. The first-order chi connectivity index (χ1) is 17.7. The zero-order valence-corrected chi connectivity index (χ0v) is 21.3. The van der Waals surface area contributed by atoms with Gasteiger partial charge in [-0.1, -0.05) is 47.5 Å². The minimum absolute atomic E-state index is 0.131.